The highest BCUT2D eigenvalue weighted by atomic mass is 32.2. The smallest absolute Gasteiger partial charge is 0.352 e. The van der Waals surface area contributed by atoms with Crippen molar-refractivity contribution >= 4 is 67.4 Å². The zero-order chi connectivity index (χ0) is 27.8. The van der Waals surface area contributed by atoms with Gasteiger partial charge in [-0.15, -0.1) is 23.1 Å². The number of hydrogen-bond acceptors (Lipinski definition) is 11. The van der Waals surface area contributed by atoms with Gasteiger partial charge in [-0.05, 0) is 29.7 Å². The molecule has 0 aliphatic carbocycles. The van der Waals surface area contributed by atoms with E-state index < -0.39 is 39.2 Å². The number of aliphatic carboxylic acids is 1. The highest BCUT2D eigenvalue weighted by Crippen LogP contribution is 2.41. The lowest BCUT2D eigenvalue weighted by atomic mass is 9.98. The third-order valence-corrected chi connectivity index (χ3v) is 9.11. The third kappa shape index (κ3) is 5.32. The van der Waals surface area contributed by atoms with Gasteiger partial charge < -0.3 is 21.0 Å². The molecule has 0 spiro atoms. The number of benzene rings is 1. The number of β-lactam (4-membered cyclic amide) rings is 1. The summed E-state index contributed by atoms with van der Waals surface area (Å²) in [7, 11) is -0.789. The van der Waals surface area contributed by atoms with Crippen LogP contribution in [-0.4, -0.2) is 84.5 Å². The van der Waals surface area contributed by atoms with Crippen LogP contribution in [-0.2, 0) is 35.7 Å². The van der Waals surface area contributed by atoms with Gasteiger partial charge in [0, 0.05) is 18.2 Å². The SMILES string of the molecule is CON=C(C(=O)N[C@@H]1C(=O)N2C(C(=O)O)=C(Cc3cccc(N(C)S(C)(=O)=O)c3)CS[C@H]12)c1csc(N)n1. The van der Waals surface area contributed by atoms with E-state index >= 15 is 0 Å². The Balaban J connectivity index is 1.54. The van der Waals surface area contributed by atoms with Gasteiger partial charge in [-0.1, -0.05) is 17.3 Å². The van der Waals surface area contributed by atoms with Gasteiger partial charge in [0.2, 0.25) is 10.0 Å². The lowest BCUT2D eigenvalue weighted by Crippen LogP contribution is -2.71. The average Bonchev–Trinajstić information content (AvgIpc) is 3.30. The number of nitrogen functional groups attached to an aromatic ring is 1. The Hall–Kier alpha value is -3.63. The zero-order valence-electron chi connectivity index (χ0n) is 20.4. The molecule has 16 heteroatoms. The molecule has 0 unspecified atom stereocenters. The monoisotopic (exact) mass is 580 g/mol. The van der Waals surface area contributed by atoms with Crippen LogP contribution in [0.2, 0.25) is 0 Å². The van der Waals surface area contributed by atoms with Crippen LogP contribution < -0.4 is 15.4 Å². The Morgan fingerprint density at radius 1 is 1.39 bits per heavy atom. The van der Waals surface area contributed by atoms with E-state index in [9.17, 15) is 27.9 Å². The summed E-state index contributed by atoms with van der Waals surface area (Å²) >= 11 is 2.42. The van der Waals surface area contributed by atoms with Crippen molar-refractivity contribution in [3.63, 3.8) is 0 Å². The Bertz CT molecular complexity index is 1470. The molecule has 0 saturated carbocycles. The molecule has 2 atom stereocenters. The second-order valence-electron chi connectivity index (χ2n) is 8.39. The molecule has 1 aromatic carbocycles. The van der Waals surface area contributed by atoms with E-state index in [1.54, 1.807) is 24.3 Å². The Morgan fingerprint density at radius 3 is 2.74 bits per heavy atom. The van der Waals surface area contributed by atoms with Crippen LogP contribution >= 0.6 is 23.1 Å². The van der Waals surface area contributed by atoms with Gasteiger partial charge >= 0.3 is 5.97 Å². The number of carbonyl (C=O) groups excluding carboxylic acids is 2. The molecule has 2 amide bonds. The molecule has 1 fully saturated rings. The van der Waals surface area contributed by atoms with Crippen LogP contribution in [0.1, 0.15) is 11.3 Å². The first kappa shape index (κ1) is 27.4. The molecule has 1 saturated heterocycles. The Kier molecular flexibility index (Phi) is 7.66. The number of sulfonamides is 1. The molecule has 4 N–H and O–H groups in total. The van der Waals surface area contributed by atoms with Crippen molar-refractivity contribution in [1.29, 1.82) is 0 Å². The maximum Gasteiger partial charge on any atom is 0.352 e. The quantitative estimate of drug-likeness (QED) is 0.214. The predicted octanol–water partition coefficient (Wildman–Crippen LogP) is 0.453. The largest absolute Gasteiger partial charge is 0.477 e. The van der Waals surface area contributed by atoms with E-state index in [-0.39, 0.29) is 34.4 Å². The van der Waals surface area contributed by atoms with E-state index in [0.29, 0.717) is 16.8 Å². The summed E-state index contributed by atoms with van der Waals surface area (Å²) in [5.41, 5.74) is 7.13. The van der Waals surface area contributed by atoms with Crippen LogP contribution in [0.5, 0.6) is 0 Å². The number of carbonyl (C=O) groups is 3. The van der Waals surface area contributed by atoms with E-state index in [1.807, 2.05) is 0 Å². The molecule has 202 valence electrons. The van der Waals surface area contributed by atoms with Crippen LogP contribution in [0.4, 0.5) is 10.8 Å². The number of aromatic nitrogens is 1. The molecule has 4 rings (SSSR count). The predicted molar refractivity (Wildman–Crippen MR) is 143 cm³/mol. The lowest BCUT2D eigenvalue weighted by Gasteiger charge is -2.49. The van der Waals surface area contributed by atoms with E-state index in [4.69, 9.17) is 10.6 Å². The first-order chi connectivity index (χ1) is 17.9. The number of oxime groups is 1. The minimum absolute atomic E-state index is 0.149. The van der Waals surface area contributed by atoms with E-state index in [1.165, 1.54) is 31.3 Å². The van der Waals surface area contributed by atoms with Crippen molar-refractivity contribution in [3.05, 3.63) is 52.2 Å². The molecule has 0 radical (unpaired) electrons. The summed E-state index contributed by atoms with van der Waals surface area (Å²) in [5, 5.41) is 17.4. The standard InChI is InChI=1S/C22H24N6O7S3/c1-27(38(3,33)34)13-6-4-5-11(8-13)7-12-9-36-20-16(19(30)28(20)17(12)21(31)32)25-18(29)15(26-35-2)14-10-37-22(23)24-14/h4-6,8,10,16,20H,7,9H2,1-3H3,(H2,23,24)(H,25,29)(H,31,32)/t16-,20-/m1/s1. The molecule has 38 heavy (non-hydrogen) atoms. The summed E-state index contributed by atoms with van der Waals surface area (Å²) in [6.07, 6.45) is 1.28. The van der Waals surface area contributed by atoms with Crippen molar-refractivity contribution in [2.45, 2.75) is 17.8 Å². The molecule has 3 heterocycles. The summed E-state index contributed by atoms with van der Waals surface area (Å²) in [4.78, 5) is 48.1. The number of nitrogens with zero attached hydrogens (tertiary/aromatic N) is 4. The zero-order valence-corrected chi connectivity index (χ0v) is 22.9. The first-order valence-electron chi connectivity index (χ1n) is 11.0. The third-order valence-electron chi connectivity index (χ3n) is 5.89. The number of hydrogen-bond donors (Lipinski definition) is 3. The highest BCUT2D eigenvalue weighted by molar-refractivity contribution is 8.00. The topological polar surface area (TPSA) is 185 Å². The van der Waals surface area contributed by atoms with Crippen molar-refractivity contribution in [2.24, 2.45) is 5.16 Å². The fourth-order valence-corrected chi connectivity index (χ4v) is 6.41. The number of anilines is 2. The van der Waals surface area contributed by atoms with Crippen molar-refractivity contribution < 1.29 is 32.7 Å². The maximum atomic E-state index is 13.0. The summed E-state index contributed by atoms with van der Waals surface area (Å²) in [5.74, 6) is -2.27. The molecule has 2 aliphatic rings. The second-order valence-corrected chi connectivity index (χ2v) is 12.4. The van der Waals surface area contributed by atoms with Crippen LogP contribution in [0.3, 0.4) is 0 Å². The van der Waals surface area contributed by atoms with Gasteiger partial charge in [0.05, 0.1) is 11.9 Å². The summed E-state index contributed by atoms with van der Waals surface area (Å²) in [6, 6.07) is 5.75. The molecule has 2 aliphatic heterocycles. The van der Waals surface area contributed by atoms with Gasteiger partial charge in [-0.25, -0.2) is 18.2 Å². The van der Waals surface area contributed by atoms with Gasteiger partial charge in [0.15, 0.2) is 10.8 Å². The Morgan fingerprint density at radius 2 is 2.13 bits per heavy atom. The number of carboxylic acid groups (broad SMARTS) is 1. The highest BCUT2D eigenvalue weighted by Gasteiger charge is 2.54. The number of amides is 2. The summed E-state index contributed by atoms with van der Waals surface area (Å²) in [6.45, 7) is 0. The number of rotatable bonds is 9. The van der Waals surface area contributed by atoms with Crippen LogP contribution in [0.25, 0.3) is 0 Å². The fraction of sp³-hybridized carbons (Fsp3) is 0.318. The number of thiazole rings is 1. The van der Waals surface area contributed by atoms with Gasteiger partial charge in [-0.3, -0.25) is 18.8 Å². The van der Waals surface area contributed by atoms with Gasteiger partial charge in [0.1, 0.15) is 29.9 Å². The van der Waals surface area contributed by atoms with E-state index in [0.717, 1.165) is 26.8 Å². The summed E-state index contributed by atoms with van der Waals surface area (Å²) < 4.78 is 24.9. The molecule has 2 aromatic rings. The molecule has 13 nitrogen and oxygen atoms in total. The minimum Gasteiger partial charge on any atom is -0.477 e. The molecule has 0 bridgehead atoms. The van der Waals surface area contributed by atoms with Crippen molar-refractivity contribution in [2.75, 3.05) is 36.2 Å². The number of thioether (sulfide) groups is 1. The Labute approximate surface area is 226 Å². The number of carboxylic acids is 1. The number of fused-ring (bicyclic) bond motifs is 1. The van der Waals surface area contributed by atoms with Crippen molar-refractivity contribution in [3.8, 4) is 0 Å². The molecule has 1 aromatic heterocycles. The van der Waals surface area contributed by atoms with Crippen molar-refractivity contribution in [1.82, 2.24) is 15.2 Å². The lowest BCUT2D eigenvalue weighted by molar-refractivity contribution is -0.150. The number of nitrogens with one attached hydrogen (secondary N) is 1. The first-order valence-corrected chi connectivity index (χ1v) is 14.8. The fourth-order valence-electron chi connectivity index (χ4n) is 4.02. The molecular formula is C22H24N6O7S3. The van der Waals surface area contributed by atoms with Gasteiger partial charge in [-0.2, -0.15) is 0 Å². The number of nitrogens with two attached hydrogens (primary N) is 1. The van der Waals surface area contributed by atoms with E-state index in [2.05, 4.69) is 15.5 Å². The maximum absolute atomic E-state index is 13.0. The molecular weight excluding hydrogens is 556 g/mol. The van der Waals surface area contributed by atoms with Gasteiger partial charge in [0.25, 0.3) is 11.8 Å². The average molecular weight is 581 g/mol. The second kappa shape index (κ2) is 10.6. The minimum atomic E-state index is -3.48. The normalized spacial score (nSPS) is 19.5. The van der Waals surface area contributed by atoms with Crippen LogP contribution in [0.15, 0.2) is 46.1 Å². The van der Waals surface area contributed by atoms with Crippen LogP contribution in [0, 0.1) is 0 Å².